The van der Waals surface area contributed by atoms with Crippen LogP contribution in [-0.2, 0) is 26.2 Å². The highest BCUT2D eigenvalue weighted by molar-refractivity contribution is 6.16. The van der Waals surface area contributed by atoms with Gasteiger partial charge in [0, 0.05) is 16.9 Å². The van der Waals surface area contributed by atoms with E-state index in [1.54, 1.807) is 6.92 Å². The molecule has 1 spiro atoms. The van der Waals surface area contributed by atoms with E-state index >= 15 is 0 Å². The van der Waals surface area contributed by atoms with Crippen molar-refractivity contribution in [3.8, 4) is 0 Å². The van der Waals surface area contributed by atoms with Gasteiger partial charge in [0.2, 0.25) is 5.91 Å². The fraction of sp³-hybridized carbons (Fsp3) is 0.281. The van der Waals surface area contributed by atoms with Crippen LogP contribution in [0.4, 0.5) is 11.4 Å². The van der Waals surface area contributed by atoms with Crippen LogP contribution in [0.5, 0.6) is 0 Å². The van der Waals surface area contributed by atoms with E-state index < -0.39 is 29.4 Å². The fourth-order valence-electron chi connectivity index (χ4n) is 6.62. The minimum Gasteiger partial charge on any atom is -0.464 e. The van der Waals surface area contributed by atoms with Gasteiger partial charge in [0.05, 0.1) is 18.6 Å². The second kappa shape index (κ2) is 9.28. The van der Waals surface area contributed by atoms with Gasteiger partial charge in [-0.25, -0.2) is 4.79 Å². The summed E-state index contributed by atoms with van der Waals surface area (Å²) < 4.78 is 5.59. The minimum absolute atomic E-state index is 0.174. The molecule has 1 amide bonds. The molecule has 3 heterocycles. The molecule has 1 fully saturated rings. The highest BCUT2D eigenvalue weighted by Crippen LogP contribution is 2.57. The third-order valence-electron chi connectivity index (χ3n) is 8.13. The average Bonchev–Trinajstić information content (AvgIpc) is 3.42. The third-order valence-corrected chi connectivity index (χ3v) is 8.13. The van der Waals surface area contributed by atoms with Crippen LogP contribution in [0.3, 0.4) is 0 Å². The molecule has 6 nitrogen and oxygen atoms in total. The van der Waals surface area contributed by atoms with Crippen molar-refractivity contribution in [1.82, 2.24) is 0 Å². The monoisotopic (exact) mass is 506 g/mol. The Labute approximate surface area is 222 Å². The zero-order valence-electron chi connectivity index (χ0n) is 21.5. The molecule has 3 aromatic carbocycles. The average molecular weight is 507 g/mol. The Kier molecular flexibility index (Phi) is 5.90. The maximum atomic E-state index is 14.6. The highest BCUT2D eigenvalue weighted by Gasteiger charge is 2.70. The number of ketones is 1. The first-order valence-electron chi connectivity index (χ1n) is 13.3. The molecule has 192 valence electrons. The fourth-order valence-corrected chi connectivity index (χ4v) is 6.62. The van der Waals surface area contributed by atoms with E-state index in [-0.39, 0.29) is 18.3 Å². The maximum Gasteiger partial charge on any atom is 0.329 e. The number of hydrogen-bond donors (Lipinski definition) is 1. The van der Waals surface area contributed by atoms with E-state index in [1.807, 2.05) is 89.8 Å². The molecule has 3 aromatic rings. The second-order valence-electron chi connectivity index (χ2n) is 10.1. The Balaban J connectivity index is 1.60. The molecule has 3 aliphatic rings. The molecule has 0 aromatic heterocycles. The Morgan fingerprint density at radius 2 is 1.71 bits per heavy atom. The van der Waals surface area contributed by atoms with Crippen molar-refractivity contribution in [2.45, 2.75) is 44.2 Å². The number of benzene rings is 3. The summed E-state index contributed by atoms with van der Waals surface area (Å²) >= 11 is 0. The molecule has 0 aliphatic carbocycles. The van der Waals surface area contributed by atoms with Crippen LogP contribution in [0.15, 0.2) is 78.9 Å². The van der Waals surface area contributed by atoms with Gasteiger partial charge in [-0.05, 0) is 42.2 Å². The predicted molar refractivity (Wildman–Crippen MR) is 147 cm³/mol. The zero-order valence-corrected chi connectivity index (χ0v) is 21.5. The number of anilines is 2. The molecule has 0 radical (unpaired) electrons. The number of ether oxygens (including phenoxy) is 1. The van der Waals surface area contributed by atoms with Crippen LogP contribution in [0, 0.1) is 5.92 Å². The summed E-state index contributed by atoms with van der Waals surface area (Å²) in [5, 5.41) is 3.04. The van der Waals surface area contributed by atoms with Crippen molar-refractivity contribution in [2.75, 3.05) is 16.8 Å². The van der Waals surface area contributed by atoms with Crippen LogP contribution in [-0.4, -0.2) is 36.4 Å². The number of nitrogens with zero attached hydrogens (tertiary/aromatic N) is 1. The van der Waals surface area contributed by atoms with Crippen LogP contribution in [0.1, 0.15) is 47.3 Å². The topological polar surface area (TPSA) is 75.7 Å². The van der Waals surface area contributed by atoms with Crippen molar-refractivity contribution in [2.24, 2.45) is 5.92 Å². The largest absolute Gasteiger partial charge is 0.464 e. The van der Waals surface area contributed by atoms with Gasteiger partial charge in [0.15, 0.2) is 5.78 Å². The number of rotatable bonds is 6. The Morgan fingerprint density at radius 1 is 0.974 bits per heavy atom. The van der Waals surface area contributed by atoms with Gasteiger partial charge < -0.3 is 15.0 Å². The predicted octanol–water partition coefficient (Wildman–Crippen LogP) is 5.18. The Morgan fingerprint density at radius 3 is 2.47 bits per heavy atom. The summed E-state index contributed by atoms with van der Waals surface area (Å²) in [4.78, 5) is 44.5. The van der Waals surface area contributed by atoms with Crippen molar-refractivity contribution >= 4 is 35.1 Å². The van der Waals surface area contributed by atoms with Crippen molar-refractivity contribution in [3.63, 3.8) is 0 Å². The van der Waals surface area contributed by atoms with E-state index in [1.165, 1.54) is 0 Å². The minimum atomic E-state index is -1.31. The number of aryl methyl sites for hydroxylation is 1. The summed E-state index contributed by atoms with van der Waals surface area (Å²) in [6.45, 7) is 4.04. The van der Waals surface area contributed by atoms with E-state index in [0.717, 1.165) is 35.2 Å². The summed E-state index contributed by atoms with van der Waals surface area (Å²) in [6.07, 6.45) is 5.87. The Hall–Kier alpha value is -4.19. The van der Waals surface area contributed by atoms with Crippen LogP contribution >= 0.6 is 0 Å². The molecule has 6 rings (SSSR count). The third kappa shape index (κ3) is 3.36. The molecule has 6 heteroatoms. The molecule has 4 atom stereocenters. The van der Waals surface area contributed by atoms with Gasteiger partial charge in [-0.15, -0.1) is 0 Å². The highest BCUT2D eigenvalue weighted by atomic mass is 16.5. The van der Waals surface area contributed by atoms with Gasteiger partial charge in [0.25, 0.3) is 0 Å². The summed E-state index contributed by atoms with van der Waals surface area (Å²) in [6, 6.07) is 21.3. The smallest absolute Gasteiger partial charge is 0.329 e. The number of carbonyl (C=O) groups excluding carboxylic acids is 3. The molecule has 0 saturated carbocycles. The first kappa shape index (κ1) is 24.2. The summed E-state index contributed by atoms with van der Waals surface area (Å²) in [7, 11) is 0. The van der Waals surface area contributed by atoms with Gasteiger partial charge in [-0.1, -0.05) is 86.2 Å². The lowest BCUT2D eigenvalue weighted by molar-refractivity contribution is -0.145. The van der Waals surface area contributed by atoms with E-state index in [0.29, 0.717) is 11.3 Å². The van der Waals surface area contributed by atoms with E-state index in [4.69, 9.17) is 4.74 Å². The first-order chi connectivity index (χ1) is 18.5. The number of amides is 1. The second-order valence-corrected chi connectivity index (χ2v) is 10.1. The van der Waals surface area contributed by atoms with E-state index in [2.05, 4.69) is 12.2 Å². The van der Waals surface area contributed by atoms with Crippen molar-refractivity contribution in [1.29, 1.82) is 0 Å². The molecule has 1 saturated heterocycles. The molecule has 4 unspecified atom stereocenters. The summed E-state index contributed by atoms with van der Waals surface area (Å²) in [5.41, 5.74) is 3.46. The zero-order chi connectivity index (χ0) is 26.4. The number of hydrogen-bond acceptors (Lipinski definition) is 5. The number of nitrogens with one attached hydrogen (secondary N) is 1. The molecule has 3 aliphatic heterocycles. The Bertz CT molecular complexity index is 1460. The normalized spacial score (nSPS) is 24.5. The van der Waals surface area contributed by atoms with Gasteiger partial charge in [0.1, 0.15) is 11.5 Å². The number of para-hydroxylation sites is 2. The standard InChI is InChI=1S/C32H30N2O4/c1-3-9-20-14-16-22(17-15-20)29(35)27-28(30(36)38-4-2)34-25-13-8-5-10-21(25)18-19-26(34)32(27)23-11-6-7-12-24(23)33-31(32)37/h5-8,10-19,26-28H,3-4,9H2,1-2H3,(H,33,37). The van der Waals surface area contributed by atoms with Crippen molar-refractivity contribution in [3.05, 3.63) is 101 Å². The van der Waals surface area contributed by atoms with Crippen LogP contribution in [0.2, 0.25) is 0 Å². The number of fused-ring (bicyclic) bond motifs is 6. The molecular weight excluding hydrogens is 476 g/mol. The number of Topliss-reactive ketones (excluding diaryl/α,β-unsaturated/α-hetero) is 1. The lowest BCUT2D eigenvalue weighted by Crippen LogP contribution is -2.51. The maximum absolute atomic E-state index is 14.6. The number of esters is 1. The van der Waals surface area contributed by atoms with Crippen molar-refractivity contribution < 1.29 is 19.1 Å². The SMILES string of the molecule is CCCc1ccc(C(=O)C2C(C(=O)OCC)N3c4ccccc4C=CC3C23C(=O)Nc2ccccc23)cc1. The number of carbonyl (C=O) groups is 3. The molecule has 38 heavy (non-hydrogen) atoms. The lowest BCUT2D eigenvalue weighted by atomic mass is 9.64. The van der Waals surface area contributed by atoms with Crippen LogP contribution < -0.4 is 10.2 Å². The summed E-state index contributed by atoms with van der Waals surface area (Å²) in [5.74, 6) is -2.01. The quantitative estimate of drug-likeness (QED) is 0.369. The lowest BCUT2D eigenvalue weighted by Gasteiger charge is -2.37. The van der Waals surface area contributed by atoms with E-state index in [9.17, 15) is 14.4 Å². The van der Waals surface area contributed by atoms with Gasteiger partial charge in [-0.2, -0.15) is 0 Å². The van der Waals surface area contributed by atoms with Gasteiger partial charge >= 0.3 is 5.97 Å². The molecule has 1 N–H and O–H groups in total. The molecule has 0 bridgehead atoms. The van der Waals surface area contributed by atoms with Crippen LogP contribution in [0.25, 0.3) is 6.08 Å². The molecular formula is C32H30N2O4. The first-order valence-corrected chi connectivity index (χ1v) is 13.3. The van der Waals surface area contributed by atoms with Gasteiger partial charge in [-0.3, -0.25) is 9.59 Å².